The Labute approximate surface area is 71.6 Å². The fourth-order valence-corrected chi connectivity index (χ4v) is 1.04. The average molecular weight is 164 g/mol. The Morgan fingerprint density at radius 2 is 2.42 bits per heavy atom. The lowest BCUT2D eigenvalue weighted by atomic mass is 10.1. The highest BCUT2D eigenvalue weighted by atomic mass is 16.1. The lowest BCUT2D eigenvalue weighted by Crippen LogP contribution is -1.96. The van der Waals surface area contributed by atoms with Gasteiger partial charge in [0.15, 0.2) is 0 Å². The molecule has 0 unspecified atom stereocenters. The van der Waals surface area contributed by atoms with Crippen LogP contribution in [0.3, 0.4) is 0 Å². The number of anilines is 1. The predicted molar refractivity (Wildman–Crippen MR) is 47.7 cm³/mol. The van der Waals surface area contributed by atoms with Gasteiger partial charge in [-0.05, 0) is 24.5 Å². The zero-order chi connectivity index (χ0) is 8.81. The predicted octanol–water partition coefficient (Wildman–Crippen LogP) is 1.19. The van der Waals surface area contributed by atoms with Crippen LogP contribution >= 0.6 is 0 Å². The van der Waals surface area contributed by atoms with Crippen molar-refractivity contribution in [3.63, 3.8) is 0 Å². The first-order chi connectivity index (χ1) is 5.84. The van der Waals surface area contributed by atoms with E-state index >= 15 is 0 Å². The minimum absolute atomic E-state index is 0.573. The summed E-state index contributed by atoms with van der Waals surface area (Å²) in [6, 6.07) is 3.79. The molecule has 0 atom stereocenters. The van der Waals surface area contributed by atoms with E-state index in [1.165, 1.54) is 0 Å². The summed E-state index contributed by atoms with van der Waals surface area (Å²) in [7, 11) is 0. The van der Waals surface area contributed by atoms with Crippen molar-refractivity contribution in [2.75, 3.05) is 5.73 Å². The summed E-state index contributed by atoms with van der Waals surface area (Å²) < 4.78 is 0. The largest absolute Gasteiger partial charge is 0.383 e. The first-order valence-corrected chi connectivity index (χ1v) is 3.97. The molecule has 3 nitrogen and oxygen atoms in total. The molecule has 0 amide bonds. The van der Waals surface area contributed by atoms with Gasteiger partial charge in [-0.1, -0.05) is 6.07 Å². The molecule has 0 bridgehead atoms. The minimum atomic E-state index is 0.573. The van der Waals surface area contributed by atoms with E-state index < -0.39 is 0 Å². The van der Waals surface area contributed by atoms with Crippen LogP contribution in [-0.2, 0) is 11.2 Å². The molecule has 0 aliphatic heterocycles. The summed E-state index contributed by atoms with van der Waals surface area (Å²) in [6.45, 7) is 0. The molecule has 0 radical (unpaired) electrons. The van der Waals surface area contributed by atoms with E-state index in [1.807, 2.05) is 12.1 Å². The van der Waals surface area contributed by atoms with Gasteiger partial charge in [-0.25, -0.2) is 4.98 Å². The van der Waals surface area contributed by atoms with E-state index in [-0.39, 0.29) is 0 Å². The molecule has 1 aromatic rings. The highest BCUT2D eigenvalue weighted by Gasteiger charge is 1.97. The van der Waals surface area contributed by atoms with E-state index in [2.05, 4.69) is 4.98 Å². The number of aldehydes is 1. The van der Waals surface area contributed by atoms with Crippen molar-refractivity contribution in [1.29, 1.82) is 0 Å². The van der Waals surface area contributed by atoms with E-state index in [4.69, 9.17) is 5.73 Å². The van der Waals surface area contributed by atoms with Gasteiger partial charge in [0, 0.05) is 12.6 Å². The third kappa shape index (κ3) is 2.34. The summed E-state index contributed by atoms with van der Waals surface area (Å²) in [6.07, 6.45) is 4.86. The number of hydrogen-bond donors (Lipinski definition) is 1. The van der Waals surface area contributed by atoms with Gasteiger partial charge in [0.2, 0.25) is 0 Å². The Morgan fingerprint density at radius 1 is 1.58 bits per heavy atom. The molecule has 1 rings (SSSR count). The van der Waals surface area contributed by atoms with Crippen LogP contribution in [0.4, 0.5) is 5.82 Å². The molecule has 0 aromatic carbocycles. The molecule has 12 heavy (non-hydrogen) atoms. The molecule has 3 heteroatoms. The van der Waals surface area contributed by atoms with E-state index in [9.17, 15) is 4.79 Å². The van der Waals surface area contributed by atoms with Gasteiger partial charge in [-0.15, -0.1) is 0 Å². The summed E-state index contributed by atoms with van der Waals surface area (Å²) >= 11 is 0. The second-order valence-electron chi connectivity index (χ2n) is 2.61. The van der Waals surface area contributed by atoms with Crippen LogP contribution in [0.5, 0.6) is 0 Å². The molecule has 0 saturated carbocycles. The summed E-state index contributed by atoms with van der Waals surface area (Å²) in [4.78, 5) is 14.0. The average Bonchev–Trinajstić information content (AvgIpc) is 2.09. The summed E-state index contributed by atoms with van der Waals surface area (Å²) in [5.41, 5.74) is 6.63. The molecule has 0 aliphatic rings. The second-order valence-corrected chi connectivity index (χ2v) is 2.61. The van der Waals surface area contributed by atoms with Gasteiger partial charge in [0.1, 0.15) is 12.1 Å². The maximum absolute atomic E-state index is 10.0. The molecule has 1 aromatic heterocycles. The van der Waals surface area contributed by atoms with Crippen LogP contribution < -0.4 is 5.73 Å². The Balaban J connectivity index is 2.51. The molecule has 0 fully saturated rings. The lowest BCUT2D eigenvalue weighted by Gasteiger charge is -2.01. The van der Waals surface area contributed by atoms with E-state index in [0.717, 1.165) is 24.7 Å². The number of aryl methyl sites for hydroxylation is 1. The molecule has 2 N–H and O–H groups in total. The third-order valence-corrected chi connectivity index (χ3v) is 1.69. The van der Waals surface area contributed by atoms with Gasteiger partial charge < -0.3 is 10.5 Å². The third-order valence-electron chi connectivity index (χ3n) is 1.69. The SMILES string of the molecule is Nc1ncccc1CCCC=O. The Hall–Kier alpha value is -1.38. The Bertz CT molecular complexity index is 260. The first kappa shape index (κ1) is 8.71. The standard InChI is InChI=1S/C9H12N2O/c10-9-8(4-1-2-7-12)5-3-6-11-9/h3,5-7H,1-2,4H2,(H2,10,11). The van der Waals surface area contributed by atoms with Crippen molar-refractivity contribution >= 4 is 12.1 Å². The number of nitrogen functional groups attached to an aromatic ring is 1. The topological polar surface area (TPSA) is 56.0 Å². The number of carbonyl (C=O) groups is 1. The number of nitrogens with two attached hydrogens (primary N) is 1. The molecule has 1 heterocycles. The smallest absolute Gasteiger partial charge is 0.126 e. The summed E-state index contributed by atoms with van der Waals surface area (Å²) in [5, 5.41) is 0. The van der Waals surface area contributed by atoms with Crippen LogP contribution in [0.2, 0.25) is 0 Å². The molecular formula is C9H12N2O. The Morgan fingerprint density at radius 3 is 3.08 bits per heavy atom. The van der Waals surface area contributed by atoms with Crippen LogP contribution in [0.25, 0.3) is 0 Å². The zero-order valence-electron chi connectivity index (χ0n) is 6.86. The normalized spacial score (nSPS) is 9.67. The van der Waals surface area contributed by atoms with E-state index in [1.54, 1.807) is 6.20 Å². The number of unbranched alkanes of at least 4 members (excludes halogenated alkanes) is 1. The van der Waals surface area contributed by atoms with E-state index in [0.29, 0.717) is 12.2 Å². The Kier molecular flexibility index (Phi) is 3.26. The maximum atomic E-state index is 10.0. The van der Waals surface area contributed by atoms with Crippen molar-refractivity contribution in [1.82, 2.24) is 4.98 Å². The first-order valence-electron chi connectivity index (χ1n) is 3.97. The number of nitrogens with zero attached hydrogens (tertiary/aromatic N) is 1. The minimum Gasteiger partial charge on any atom is -0.383 e. The number of pyridine rings is 1. The van der Waals surface area contributed by atoms with Crippen LogP contribution in [-0.4, -0.2) is 11.3 Å². The molecule has 0 spiro atoms. The maximum Gasteiger partial charge on any atom is 0.126 e. The second kappa shape index (κ2) is 4.49. The fraction of sp³-hybridized carbons (Fsp3) is 0.333. The lowest BCUT2D eigenvalue weighted by molar-refractivity contribution is -0.107. The van der Waals surface area contributed by atoms with Crippen molar-refractivity contribution in [3.05, 3.63) is 23.9 Å². The highest BCUT2D eigenvalue weighted by Crippen LogP contribution is 2.09. The zero-order valence-corrected chi connectivity index (χ0v) is 6.86. The molecule has 0 saturated heterocycles. The number of carbonyl (C=O) groups excluding carboxylic acids is 1. The number of hydrogen-bond acceptors (Lipinski definition) is 3. The van der Waals surface area contributed by atoms with Crippen molar-refractivity contribution in [2.45, 2.75) is 19.3 Å². The van der Waals surface area contributed by atoms with Crippen molar-refractivity contribution in [2.24, 2.45) is 0 Å². The van der Waals surface area contributed by atoms with Gasteiger partial charge in [0.05, 0.1) is 0 Å². The quantitative estimate of drug-likeness (QED) is 0.537. The van der Waals surface area contributed by atoms with Gasteiger partial charge in [-0.2, -0.15) is 0 Å². The molecular weight excluding hydrogens is 152 g/mol. The van der Waals surface area contributed by atoms with Gasteiger partial charge in [-0.3, -0.25) is 0 Å². The summed E-state index contributed by atoms with van der Waals surface area (Å²) in [5.74, 6) is 0.573. The van der Waals surface area contributed by atoms with Crippen LogP contribution in [0.15, 0.2) is 18.3 Å². The van der Waals surface area contributed by atoms with Gasteiger partial charge in [0.25, 0.3) is 0 Å². The monoisotopic (exact) mass is 164 g/mol. The van der Waals surface area contributed by atoms with Crippen molar-refractivity contribution in [3.8, 4) is 0 Å². The van der Waals surface area contributed by atoms with Gasteiger partial charge >= 0.3 is 0 Å². The molecule has 64 valence electrons. The van der Waals surface area contributed by atoms with Crippen molar-refractivity contribution < 1.29 is 4.79 Å². The fourth-order valence-electron chi connectivity index (χ4n) is 1.04. The molecule has 0 aliphatic carbocycles. The number of rotatable bonds is 4. The number of aromatic nitrogens is 1. The highest BCUT2D eigenvalue weighted by molar-refractivity contribution is 5.49. The van der Waals surface area contributed by atoms with Crippen LogP contribution in [0.1, 0.15) is 18.4 Å². The van der Waals surface area contributed by atoms with Crippen LogP contribution in [0, 0.1) is 0 Å².